The number of thiophene rings is 1. The van der Waals surface area contributed by atoms with Crippen molar-refractivity contribution in [2.24, 2.45) is 0 Å². The number of carbonyl (C=O) groups is 2. The van der Waals surface area contributed by atoms with Gasteiger partial charge in [-0.3, -0.25) is 9.36 Å². The van der Waals surface area contributed by atoms with Gasteiger partial charge in [-0.05, 0) is 50.7 Å². The second-order valence-electron chi connectivity index (χ2n) is 8.13. The number of carbonyl (C=O) groups excluding carboxylic acids is 2. The van der Waals surface area contributed by atoms with E-state index in [1.807, 2.05) is 30.3 Å². The first-order chi connectivity index (χ1) is 15.5. The van der Waals surface area contributed by atoms with Gasteiger partial charge in [0.25, 0.3) is 5.56 Å². The van der Waals surface area contributed by atoms with Crippen molar-refractivity contribution in [3.63, 3.8) is 0 Å². The Labute approximate surface area is 190 Å². The van der Waals surface area contributed by atoms with Crippen LogP contribution >= 0.6 is 11.3 Å². The lowest BCUT2D eigenvalue weighted by Crippen LogP contribution is -2.29. The summed E-state index contributed by atoms with van der Waals surface area (Å²) >= 11 is 1.16. The highest BCUT2D eigenvalue weighted by molar-refractivity contribution is 7.20. The zero-order chi connectivity index (χ0) is 22.7. The molecule has 8 heteroatoms. The maximum atomic E-state index is 13.2. The molecule has 4 rings (SSSR count). The Morgan fingerprint density at radius 2 is 1.91 bits per heavy atom. The van der Waals surface area contributed by atoms with E-state index in [2.05, 4.69) is 4.98 Å². The van der Waals surface area contributed by atoms with Crippen LogP contribution < -0.4 is 5.56 Å². The number of fused-ring (bicyclic) bond motifs is 1. The van der Waals surface area contributed by atoms with Crippen molar-refractivity contribution in [3.05, 3.63) is 63.0 Å². The van der Waals surface area contributed by atoms with Gasteiger partial charge in [-0.25, -0.2) is 14.6 Å². The van der Waals surface area contributed by atoms with Crippen LogP contribution in [-0.2, 0) is 20.9 Å². The van der Waals surface area contributed by atoms with E-state index in [-0.39, 0.29) is 18.3 Å². The van der Waals surface area contributed by atoms with Gasteiger partial charge in [0.05, 0.1) is 11.7 Å². The van der Waals surface area contributed by atoms with E-state index in [0.717, 1.165) is 42.6 Å². The summed E-state index contributed by atoms with van der Waals surface area (Å²) in [5, 5.41) is 0.343. The highest BCUT2D eigenvalue weighted by Crippen LogP contribution is 2.29. The molecule has 2 heterocycles. The molecule has 0 bridgehead atoms. The minimum absolute atomic E-state index is 0.0649. The maximum absolute atomic E-state index is 13.2. The first-order valence-electron chi connectivity index (χ1n) is 10.9. The van der Waals surface area contributed by atoms with E-state index in [9.17, 15) is 14.4 Å². The van der Waals surface area contributed by atoms with Crippen molar-refractivity contribution in [2.45, 2.75) is 64.7 Å². The molecular formula is C24H26N2O5S. The van der Waals surface area contributed by atoms with Gasteiger partial charge in [-0.2, -0.15) is 0 Å². The smallest absolute Gasteiger partial charge is 0.348 e. The fraction of sp³-hybridized carbons (Fsp3) is 0.417. The van der Waals surface area contributed by atoms with Crippen LogP contribution in [0.2, 0.25) is 0 Å². The molecule has 0 amide bonds. The number of ether oxygens (including phenoxy) is 2. The van der Waals surface area contributed by atoms with Crippen LogP contribution in [0, 0.1) is 6.92 Å². The van der Waals surface area contributed by atoms with E-state index >= 15 is 0 Å². The van der Waals surface area contributed by atoms with Gasteiger partial charge in [-0.15, -0.1) is 11.3 Å². The van der Waals surface area contributed by atoms with Gasteiger partial charge in [0.15, 0.2) is 0 Å². The van der Waals surface area contributed by atoms with Crippen LogP contribution in [0.1, 0.15) is 65.9 Å². The summed E-state index contributed by atoms with van der Waals surface area (Å²) in [4.78, 5) is 43.6. The minimum atomic E-state index is -0.847. The van der Waals surface area contributed by atoms with Crippen molar-refractivity contribution in [2.75, 3.05) is 0 Å². The average Bonchev–Trinajstić information content (AvgIpc) is 3.16. The Hall–Kier alpha value is -3.00. The molecule has 0 saturated heterocycles. The molecule has 0 N–H and O–H groups in total. The van der Waals surface area contributed by atoms with E-state index in [0.29, 0.717) is 20.7 Å². The van der Waals surface area contributed by atoms with Gasteiger partial charge in [0, 0.05) is 0 Å². The number of hydrogen-bond acceptors (Lipinski definition) is 7. The molecule has 1 aliphatic rings. The molecule has 1 fully saturated rings. The summed E-state index contributed by atoms with van der Waals surface area (Å²) in [6, 6.07) is 8.49. The van der Waals surface area contributed by atoms with Crippen molar-refractivity contribution in [1.82, 2.24) is 9.55 Å². The zero-order valence-electron chi connectivity index (χ0n) is 18.2. The zero-order valence-corrected chi connectivity index (χ0v) is 19.0. The van der Waals surface area contributed by atoms with Crippen LogP contribution in [-0.4, -0.2) is 27.6 Å². The van der Waals surface area contributed by atoms with Crippen LogP contribution in [0.3, 0.4) is 0 Å². The maximum Gasteiger partial charge on any atom is 0.348 e. The Morgan fingerprint density at radius 3 is 2.62 bits per heavy atom. The molecule has 1 aromatic carbocycles. The summed E-state index contributed by atoms with van der Waals surface area (Å²) in [7, 11) is 0. The summed E-state index contributed by atoms with van der Waals surface area (Å²) in [5.74, 6) is -0.930. The standard InChI is InChI=1S/C24H26N2O5S/c1-15-19-21(32-20(15)24(29)31-18-11-7-4-8-12-18)25-14-26(22(19)27)16(2)23(28)30-13-17-9-5-3-6-10-17/h3,5-6,9-10,14,16,18H,4,7-8,11-13H2,1-2H3. The van der Waals surface area contributed by atoms with E-state index in [4.69, 9.17) is 9.47 Å². The summed E-state index contributed by atoms with van der Waals surface area (Å²) in [6.45, 7) is 3.45. The van der Waals surface area contributed by atoms with Crippen LogP contribution in [0.25, 0.3) is 10.2 Å². The third-order valence-electron chi connectivity index (χ3n) is 5.87. The van der Waals surface area contributed by atoms with Gasteiger partial charge >= 0.3 is 11.9 Å². The predicted octanol–water partition coefficient (Wildman–Crippen LogP) is 4.56. The molecule has 1 atom stereocenters. The van der Waals surface area contributed by atoms with E-state index < -0.39 is 18.0 Å². The van der Waals surface area contributed by atoms with Crippen LogP contribution in [0.4, 0.5) is 0 Å². The molecule has 1 aliphatic carbocycles. The molecule has 3 aromatic rings. The monoisotopic (exact) mass is 454 g/mol. The second-order valence-corrected chi connectivity index (χ2v) is 9.13. The number of rotatable bonds is 6. The number of esters is 2. The molecule has 0 radical (unpaired) electrons. The molecule has 2 aromatic heterocycles. The van der Waals surface area contributed by atoms with E-state index in [1.54, 1.807) is 13.8 Å². The quantitative estimate of drug-likeness (QED) is 0.508. The first-order valence-corrected chi connectivity index (χ1v) is 11.7. The van der Waals surface area contributed by atoms with Crippen molar-refractivity contribution >= 4 is 33.5 Å². The van der Waals surface area contributed by atoms with Crippen LogP contribution in [0.5, 0.6) is 0 Å². The number of aromatic nitrogens is 2. The Bertz CT molecular complexity index is 1180. The predicted molar refractivity (Wildman–Crippen MR) is 122 cm³/mol. The molecular weight excluding hydrogens is 428 g/mol. The largest absolute Gasteiger partial charge is 0.459 e. The SMILES string of the molecule is Cc1c(C(=O)OC2CCCCC2)sc2ncn(C(C)C(=O)OCc3ccccc3)c(=O)c12. The molecule has 1 unspecified atom stereocenters. The van der Waals surface area contributed by atoms with Crippen molar-refractivity contribution in [3.8, 4) is 0 Å². The van der Waals surface area contributed by atoms with Crippen molar-refractivity contribution < 1.29 is 19.1 Å². The molecule has 168 valence electrons. The van der Waals surface area contributed by atoms with Gasteiger partial charge in [0.2, 0.25) is 0 Å². The molecule has 7 nitrogen and oxygen atoms in total. The summed E-state index contributed by atoms with van der Waals surface area (Å²) in [6.07, 6.45) is 6.33. The van der Waals surface area contributed by atoms with E-state index in [1.165, 1.54) is 17.3 Å². The number of hydrogen-bond donors (Lipinski definition) is 0. The fourth-order valence-corrected chi connectivity index (χ4v) is 4.98. The average molecular weight is 455 g/mol. The highest BCUT2D eigenvalue weighted by Gasteiger charge is 2.26. The fourth-order valence-electron chi connectivity index (χ4n) is 3.96. The molecule has 1 saturated carbocycles. The normalized spacial score (nSPS) is 15.4. The molecule has 0 spiro atoms. The van der Waals surface area contributed by atoms with Crippen LogP contribution in [0.15, 0.2) is 41.5 Å². The van der Waals surface area contributed by atoms with Crippen molar-refractivity contribution in [1.29, 1.82) is 0 Å². The first kappa shape index (κ1) is 22.2. The molecule has 32 heavy (non-hydrogen) atoms. The third-order valence-corrected chi connectivity index (χ3v) is 7.05. The van der Waals surface area contributed by atoms with Gasteiger partial charge < -0.3 is 9.47 Å². The Morgan fingerprint density at radius 1 is 1.19 bits per heavy atom. The Kier molecular flexibility index (Phi) is 6.69. The topological polar surface area (TPSA) is 87.5 Å². The number of benzene rings is 1. The lowest BCUT2D eigenvalue weighted by molar-refractivity contribution is -0.148. The second kappa shape index (κ2) is 9.65. The van der Waals surface area contributed by atoms with Gasteiger partial charge in [0.1, 0.15) is 28.5 Å². The third kappa shape index (κ3) is 4.60. The summed E-state index contributed by atoms with van der Waals surface area (Å²) in [5.41, 5.74) is 1.04. The highest BCUT2D eigenvalue weighted by atomic mass is 32.1. The summed E-state index contributed by atoms with van der Waals surface area (Å²) < 4.78 is 12.3. The number of aryl methyl sites for hydroxylation is 1. The van der Waals surface area contributed by atoms with Gasteiger partial charge in [-0.1, -0.05) is 36.8 Å². The number of nitrogens with zero attached hydrogens (tertiary/aromatic N) is 2. The molecule has 0 aliphatic heterocycles. The minimum Gasteiger partial charge on any atom is -0.459 e. The lowest BCUT2D eigenvalue weighted by Gasteiger charge is -2.21. The Balaban J connectivity index is 1.54. The lowest BCUT2D eigenvalue weighted by atomic mass is 9.98.